The monoisotopic (exact) mass is 375 g/mol. The Hall–Kier alpha value is -3.61. The van der Waals surface area contributed by atoms with Crippen LogP contribution in [0.5, 0.6) is 5.75 Å². The zero-order valence-electron chi connectivity index (χ0n) is 15.8. The van der Waals surface area contributed by atoms with Crippen molar-refractivity contribution in [2.45, 2.75) is 13.5 Å². The summed E-state index contributed by atoms with van der Waals surface area (Å²) in [7, 11) is 1.79. The van der Waals surface area contributed by atoms with Gasteiger partial charge in [-0.3, -0.25) is 15.0 Å². The van der Waals surface area contributed by atoms with Crippen LogP contribution in [0.15, 0.2) is 54.9 Å². The third-order valence-corrected chi connectivity index (χ3v) is 4.59. The van der Waals surface area contributed by atoms with Gasteiger partial charge >= 0.3 is 0 Å². The second-order valence-corrected chi connectivity index (χ2v) is 6.57. The summed E-state index contributed by atoms with van der Waals surface area (Å²) < 4.78 is 5.76. The fraction of sp³-hybridized carbons (Fsp3) is 0.190. The standard InChI is InChI=1S/C21H21N5O2/c1-3-28-20-11-15(6-7-17(20)18-8-9-22-24-18)21(27)26(2)13-14-4-5-16-12-23-25-19(16)10-14/h4-12H,3,13H2,1-2H3,(H,22,24)(H,23,25). The molecule has 0 spiro atoms. The van der Waals surface area contributed by atoms with E-state index < -0.39 is 0 Å². The molecule has 0 unspecified atom stereocenters. The molecule has 0 radical (unpaired) electrons. The van der Waals surface area contributed by atoms with Crippen molar-refractivity contribution in [1.82, 2.24) is 25.3 Å². The average molecular weight is 375 g/mol. The Kier molecular flexibility index (Phi) is 4.80. The van der Waals surface area contributed by atoms with Gasteiger partial charge in [0.05, 0.1) is 24.0 Å². The number of carbonyl (C=O) groups is 1. The zero-order valence-corrected chi connectivity index (χ0v) is 15.8. The minimum atomic E-state index is -0.0678. The molecule has 2 aromatic heterocycles. The molecule has 142 valence electrons. The van der Waals surface area contributed by atoms with Crippen molar-refractivity contribution in [1.29, 1.82) is 0 Å². The summed E-state index contributed by atoms with van der Waals surface area (Å²) in [4.78, 5) is 14.6. The number of H-pyrrole nitrogens is 2. The number of aromatic nitrogens is 4. The van der Waals surface area contributed by atoms with Crippen LogP contribution in [0.3, 0.4) is 0 Å². The Labute approximate surface area is 162 Å². The Morgan fingerprint density at radius 3 is 2.79 bits per heavy atom. The van der Waals surface area contributed by atoms with E-state index >= 15 is 0 Å². The Bertz CT molecular complexity index is 1100. The number of carbonyl (C=O) groups excluding carboxylic acids is 1. The van der Waals surface area contributed by atoms with Gasteiger partial charge in [-0.1, -0.05) is 12.1 Å². The largest absolute Gasteiger partial charge is 0.493 e. The van der Waals surface area contributed by atoms with Crippen molar-refractivity contribution in [2.75, 3.05) is 13.7 Å². The molecule has 2 aromatic carbocycles. The maximum Gasteiger partial charge on any atom is 0.254 e. The van der Waals surface area contributed by atoms with Gasteiger partial charge in [-0.05, 0) is 42.8 Å². The predicted molar refractivity (Wildman–Crippen MR) is 107 cm³/mol. The van der Waals surface area contributed by atoms with Crippen LogP contribution in [0.25, 0.3) is 22.2 Å². The van der Waals surface area contributed by atoms with Gasteiger partial charge < -0.3 is 9.64 Å². The molecular formula is C21H21N5O2. The number of ether oxygens (including phenoxy) is 1. The highest BCUT2D eigenvalue weighted by molar-refractivity contribution is 5.95. The number of amides is 1. The maximum absolute atomic E-state index is 12.9. The number of benzene rings is 2. The third-order valence-electron chi connectivity index (χ3n) is 4.59. The molecule has 2 N–H and O–H groups in total. The van der Waals surface area contributed by atoms with E-state index in [1.165, 1.54) is 0 Å². The van der Waals surface area contributed by atoms with Crippen LogP contribution in [0.2, 0.25) is 0 Å². The lowest BCUT2D eigenvalue weighted by atomic mass is 10.1. The highest BCUT2D eigenvalue weighted by atomic mass is 16.5. The molecule has 4 aromatic rings. The number of nitrogens with one attached hydrogen (secondary N) is 2. The minimum Gasteiger partial charge on any atom is -0.493 e. The quantitative estimate of drug-likeness (QED) is 0.539. The first kappa shape index (κ1) is 17.8. The van der Waals surface area contributed by atoms with Crippen LogP contribution in [0, 0.1) is 0 Å². The molecule has 0 aliphatic heterocycles. The highest BCUT2D eigenvalue weighted by Crippen LogP contribution is 2.30. The first-order valence-electron chi connectivity index (χ1n) is 9.09. The zero-order chi connectivity index (χ0) is 19.5. The molecule has 0 saturated carbocycles. The SMILES string of the molecule is CCOc1cc(C(=O)N(C)Cc2ccc3cn[nH]c3c2)ccc1-c1ccn[nH]1. The number of hydrogen-bond acceptors (Lipinski definition) is 4. The summed E-state index contributed by atoms with van der Waals surface area (Å²) in [5.74, 6) is 0.590. The van der Waals surface area contributed by atoms with Gasteiger partial charge in [0, 0.05) is 36.3 Å². The Morgan fingerprint density at radius 2 is 2.00 bits per heavy atom. The van der Waals surface area contributed by atoms with Crippen molar-refractivity contribution < 1.29 is 9.53 Å². The van der Waals surface area contributed by atoms with E-state index in [0.717, 1.165) is 27.7 Å². The lowest BCUT2D eigenvalue weighted by Gasteiger charge is -2.18. The van der Waals surface area contributed by atoms with Gasteiger partial charge in [-0.2, -0.15) is 10.2 Å². The van der Waals surface area contributed by atoms with Crippen LogP contribution in [0.1, 0.15) is 22.8 Å². The number of hydrogen-bond donors (Lipinski definition) is 2. The van der Waals surface area contributed by atoms with Gasteiger partial charge in [0.15, 0.2) is 0 Å². The van der Waals surface area contributed by atoms with Gasteiger partial charge in [-0.25, -0.2) is 0 Å². The van der Waals surface area contributed by atoms with Gasteiger partial charge in [-0.15, -0.1) is 0 Å². The molecule has 28 heavy (non-hydrogen) atoms. The molecule has 0 fully saturated rings. The van der Waals surface area contributed by atoms with Crippen LogP contribution >= 0.6 is 0 Å². The topological polar surface area (TPSA) is 86.9 Å². The van der Waals surface area contributed by atoms with Crippen LogP contribution < -0.4 is 4.74 Å². The molecule has 1 amide bonds. The van der Waals surface area contributed by atoms with Crippen molar-refractivity contribution in [2.24, 2.45) is 0 Å². The van der Waals surface area contributed by atoms with E-state index in [9.17, 15) is 4.79 Å². The van der Waals surface area contributed by atoms with Crippen LogP contribution in [0.4, 0.5) is 0 Å². The van der Waals surface area contributed by atoms with E-state index in [1.807, 2.05) is 43.3 Å². The second-order valence-electron chi connectivity index (χ2n) is 6.57. The predicted octanol–water partition coefficient (Wildman–Crippen LogP) is 3.62. The van der Waals surface area contributed by atoms with E-state index in [2.05, 4.69) is 20.4 Å². The molecule has 7 nitrogen and oxygen atoms in total. The molecule has 0 atom stereocenters. The molecular weight excluding hydrogens is 354 g/mol. The lowest BCUT2D eigenvalue weighted by Crippen LogP contribution is -2.26. The summed E-state index contributed by atoms with van der Waals surface area (Å²) in [6, 6.07) is 13.4. The van der Waals surface area contributed by atoms with Crippen molar-refractivity contribution in [3.05, 3.63) is 66.0 Å². The maximum atomic E-state index is 12.9. The van der Waals surface area contributed by atoms with E-state index in [-0.39, 0.29) is 5.91 Å². The molecule has 2 heterocycles. The minimum absolute atomic E-state index is 0.0678. The molecule has 0 aliphatic rings. The smallest absolute Gasteiger partial charge is 0.254 e. The van der Waals surface area contributed by atoms with Crippen molar-refractivity contribution >= 4 is 16.8 Å². The first-order valence-corrected chi connectivity index (χ1v) is 9.09. The summed E-state index contributed by atoms with van der Waals surface area (Å²) in [6.07, 6.45) is 3.47. The summed E-state index contributed by atoms with van der Waals surface area (Å²) >= 11 is 0. The molecule has 0 aliphatic carbocycles. The van der Waals surface area contributed by atoms with Crippen molar-refractivity contribution in [3.63, 3.8) is 0 Å². The normalized spacial score (nSPS) is 10.9. The summed E-state index contributed by atoms with van der Waals surface area (Å²) in [5, 5.41) is 15.0. The first-order chi connectivity index (χ1) is 13.7. The lowest BCUT2D eigenvalue weighted by molar-refractivity contribution is 0.0784. The Morgan fingerprint density at radius 1 is 1.11 bits per heavy atom. The van der Waals surface area contributed by atoms with Crippen LogP contribution in [-0.4, -0.2) is 44.9 Å². The molecule has 0 bridgehead atoms. The van der Waals surface area contributed by atoms with E-state index in [1.54, 1.807) is 30.4 Å². The number of fused-ring (bicyclic) bond motifs is 1. The fourth-order valence-electron chi connectivity index (χ4n) is 3.21. The number of rotatable bonds is 6. The second kappa shape index (κ2) is 7.56. The summed E-state index contributed by atoms with van der Waals surface area (Å²) in [6.45, 7) is 2.93. The number of aromatic amines is 2. The fourth-order valence-corrected chi connectivity index (χ4v) is 3.21. The van der Waals surface area contributed by atoms with Crippen LogP contribution in [-0.2, 0) is 6.54 Å². The Balaban J connectivity index is 1.56. The average Bonchev–Trinajstić information content (AvgIpc) is 3.39. The van der Waals surface area contributed by atoms with Crippen molar-refractivity contribution in [3.8, 4) is 17.0 Å². The van der Waals surface area contributed by atoms with E-state index in [4.69, 9.17) is 4.74 Å². The van der Waals surface area contributed by atoms with E-state index in [0.29, 0.717) is 24.5 Å². The van der Waals surface area contributed by atoms with Gasteiger partial charge in [0.1, 0.15) is 5.75 Å². The molecule has 4 rings (SSSR count). The highest BCUT2D eigenvalue weighted by Gasteiger charge is 2.16. The number of nitrogens with zero attached hydrogens (tertiary/aromatic N) is 3. The summed E-state index contributed by atoms with van der Waals surface area (Å²) in [5.41, 5.74) is 4.30. The third kappa shape index (κ3) is 3.46. The van der Waals surface area contributed by atoms with Gasteiger partial charge in [0.25, 0.3) is 5.91 Å². The van der Waals surface area contributed by atoms with Gasteiger partial charge in [0.2, 0.25) is 0 Å². The molecule has 7 heteroatoms. The molecule has 0 saturated heterocycles.